The Morgan fingerprint density at radius 1 is 1.28 bits per heavy atom. The van der Waals surface area contributed by atoms with Gasteiger partial charge in [0.25, 0.3) is 0 Å². The van der Waals surface area contributed by atoms with Gasteiger partial charge in [-0.3, -0.25) is 0 Å². The third-order valence-electron chi connectivity index (χ3n) is 3.76. The Morgan fingerprint density at radius 3 is 2.67 bits per heavy atom. The van der Waals surface area contributed by atoms with E-state index in [0.717, 1.165) is 12.5 Å². The summed E-state index contributed by atoms with van der Waals surface area (Å²) in [5.74, 6) is 1.17. The molecular weight excluding hydrogens is 227 g/mol. The van der Waals surface area contributed by atoms with Crippen LogP contribution in [0.15, 0.2) is 18.2 Å². The Balaban J connectivity index is 1.90. The maximum absolute atomic E-state index is 13.2. The lowest BCUT2D eigenvalue weighted by Gasteiger charge is -2.26. The van der Waals surface area contributed by atoms with Crippen molar-refractivity contribution in [3.05, 3.63) is 29.6 Å². The van der Waals surface area contributed by atoms with Crippen molar-refractivity contribution in [2.24, 2.45) is 11.8 Å². The summed E-state index contributed by atoms with van der Waals surface area (Å²) in [6.45, 7) is 3.18. The van der Waals surface area contributed by atoms with Gasteiger partial charge in [-0.1, -0.05) is 19.8 Å². The minimum atomic E-state index is -0.353. The minimum Gasteiger partial charge on any atom is -0.385 e. The fraction of sp³-hybridized carbons (Fsp3) is 0.533. The molecule has 1 N–H and O–H groups in total. The molecule has 18 heavy (non-hydrogen) atoms. The normalized spacial score (nSPS) is 23.4. The van der Waals surface area contributed by atoms with Crippen LogP contribution in [0.1, 0.15) is 38.2 Å². The molecule has 1 saturated carbocycles. The van der Waals surface area contributed by atoms with Crippen LogP contribution in [0, 0.1) is 29.0 Å². The lowest BCUT2D eigenvalue weighted by molar-refractivity contribution is 0.300. The second-order valence-electron chi connectivity index (χ2n) is 5.35. The first-order chi connectivity index (χ1) is 8.67. The summed E-state index contributed by atoms with van der Waals surface area (Å²) < 4.78 is 13.2. The maximum atomic E-state index is 13.2. The zero-order chi connectivity index (χ0) is 13.0. The zero-order valence-electron chi connectivity index (χ0n) is 10.7. The van der Waals surface area contributed by atoms with Gasteiger partial charge in [-0.15, -0.1) is 0 Å². The number of anilines is 1. The number of nitrogens with zero attached hydrogens (tertiary/aromatic N) is 1. The van der Waals surface area contributed by atoms with Crippen molar-refractivity contribution in [2.75, 3.05) is 11.9 Å². The Bertz CT molecular complexity index is 442. The van der Waals surface area contributed by atoms with E-state index in [1.165, 1.54) is 37.8 Å². The maximum Gasteiger partial charge on any atom is 0.126 e. The van der Waals surface area contributed by atoms with E-state index >= 15 is 0 Å². The summed E-state index contributed by atoms with van der Waals surface area (Å²) in [5.41, 5.74) is 1.08. The topological polar surface area (TPSA) is 35.8 Å². The highest BCUT2D eigenvalue weighted by Crippen LogP contribution is 2.28. The molecule has 1 aliphatic carbocycles. The molecule has 2 nitrogen and oxygen atoms in total. The molecular formula is C15H19FN2. The third kappa shape index (κ3) is 3.46. The van der Waals surface area contributed by atoms with Gasteiger partial charge in [-0.25, -0.2) is 4.39 Å². The van der Waals surface area contributed by atoms with Gasteiger partial charge in [0.05, 0.1) is 11.6 Å². The van der Waals surface area contributed by atoms with Crippen LogP contribution in [0.5, 0.6) is 0 Å². The number of nitrogens with one attached hydrogen (secondary N) is 1. The van der Waals surface area contributed by atoms with Gasteiger partial charge in [0, 0.05) is 12.2 Å². The van der Waals surface area contributed by atoms with Gasteiger partial charge in [0.15, 0.2) is 0 Å². The van der Waals surface area contributed by atoms with E-state index in [1.54, 1.807) is 6.07 Å². The Kier molecular flexibility index (Phi) is 4.19. The van der Waals surface area contributed by atoms with Crippen LogP contribution in [0.2, 0.25) is 0 Å². The first-order valence-corrected chi connectivity index (χ1v) is 6.62. The van der Waals surface area contributed by atoms with Gasteiger partial charge < -0.3 is 5.32 Å². The fourth-order valence-electron chi connectivity index (χ4n) is 2.55. The standard InChI is InChI=1S/C15H19FN2/c1-11-2-4-12(5-3-11)10-18-15-7-13(9-17)6-14(16)8-15/h6-8,11-12,18H,2-5,10H2,1H3. The van der Waals surface area contributed by atoms with Gasteiger partial charge >= 0.3 is 0 Å². The predicted molar refractivity (Wildman–Crippen MR) is 70.7 cm³/mol. The molecule has 0 bridgehead atoms. The van der Waals surface area contributed by atoms with Crippen molar-refractivity contribution in [3.63, 3.8) is 0 Å². The minimum absolute atomic E-state index is 0.353. The van der Waals surface area contributed by atoms with Crippen LogP contribution in [-0.2, 0) is 0 Å². The smallest absolute Gasteiger partial charge is 0.126 e. The van der Waals surface area contributed by atoms with Gasteiger partial charge in [0.2, 0.25) is 0 Å². The Labute approximate surface area is 108 Å². The first kappa shape index (κ1) is 12.9. The van der Waals surface area contributed by atoms with Crippen LogP contribution in [0.3, 0.4) is 0 Å². The molecule has 0 heterocycles. The third-order valence-corrected chi connectivity index (χ3v) is 3.76. The highest BCUT2D eigenvalue weighted by atomic mass is 19.1. The van der Waals surface area contributed by atoms with E-state index in [9.17, 15) is 4.39 Å². The molecule has 0 radical (unpaired) electrons. The molecule has 1 aromatic carbocycles. The summed E-state index contributed by atoms with van der Waals surface area (Å²) in [6, 6.07) is 6.38. The molecule has 0 saturated heterocycles. The van der Waals surface area contributed by atoms with Crippen molar-refractivity contribution in [2.45, 2.75) is 32.6 Å². The quantitative estimate of drug-likeness (QED) is 0.877. The molecule has 0 amide bonds. The van der Waals surface area contributed by atoms with Crippen LogP contribution in [0.25, 0.3) is 0 Å². The summed E-state index contributed by atoms with van der Waals surface area (Å²) in [6.07, 6.45) is 5.07. The SMILES string of the molecule is CC1CCC(CNc2cc(F)cc(C#N)c2)CC1. The number of benzene rings is 1. The van der Waals surface area contributed by atoms with Gasteiger partial charge in [0.1, 0.15) is 5.82 Å². The second kappa shape index (κ2) is 5.86. The highest BCUT2D eigenvalue weighted by molar-refractivity contribution is 5.49. The average Bonchev–Trinajstić information content (AvgIpc) is 2.37. The van der Waals surface area contributed by atoms with Crippen molar-refractivity contribution >= 4 is 5.69 Å². The number of nitriles is 1. The van der Waals surface area contributed by atoms with Crippen LogP contribution in [-0.4, -0.2) is 6.54 Å². The predicted octanol–water partition coefficient (Wildman–Crippen LogP) is 3.94. The number of hydrogen-bond acceptors (Lipinski definition) is 2. The second-order valence-corrected chi connectivity index (χ2v) is 5.35. The van der Waals surface area contributed by atoms with E-state index < -0.39 is 0 Å². The van der Waals surface area contributed by atoms with Crippen molar-refractivity contribution in [1.29, 1.82) is 5.26 Å². The van der Waals surface area contributed by atoms with Crippen LogP contribution in [0.4, 0.5) is 10.1 Å². The Hall–Kier alpha value is -1.56. The van der Waals surface area contributed by atoms with E-state index in [2.05, 4.69) is 12.2 Å². The van der Waals surface area contributed by atoms with E-state index in [0.29, 0.717) is 17.2 Å². The van der Waals surface area contributed by atoms with Gasteiger partial charge in [-0.05, 0) is 42.9 Å². The lowest BCUT2D eigenvalue weighted by atomic mass is 9.83. The molecule has 96 valence electrons. The molecule has 1 aliphatic rings. The molecule has 0 aromatic heterocycles. The van der Waals surface area contributed by atoms with E-state index in [-0.39, 0.29) is 5.82 Å². The van der Waals surface area contributed by atoms with E-state index in [4.69, 9.17) is 5.26 Å². The van der Waals surface area contributed by atoms with Crippen LogP contribution < -0.4 is 5.32 Å². The monoisotopic (exact) mass is 246 g/mol. The molecule has 1 fully saturated rings. The molecule has 3 heteroatoms. The molecule has 0 aliphatic heterocycles. The van der Waals surface area contributed by atoms with Crippen molar-refractivity contribution < 1.29 is 4.39 Å². The van der Waals surface area contributed by atoms with Crippen LogP contribution >= 0.6 is 0 Å². The molecule has 0 unspecified atom stereocenters. The Morgan fingerprint density at radius 2 is 2.00 bits per heavy atom. The molecule has 2 rings (SSSR count). The van der Waals surface area contributed by atoms with Gasteiger partial charge in [-0.2, -0.15) is 5.26 Å². The summed E-state index contributed by atoms with van der Waals surface area (Å²) in [4.78, 5) is 0. The number of rotatable bonds is 3. The van der Waals surface area contributed by atoms with E-state index in [1.807, 2.05) is 6.07 Å². The average molecular weight is 246 g/mol. The van der Waals surface area contributed by atoms with Crippen molar-refractivity contribution in [1.82, 2.24) is 0 Å². The number of halogens is 1. The highest BCUT2D eigenvalue weighted by Gasteiger charge is 2.17. The molecule has 0 atom stereocenters. The number of hydrogen-bond donors (Lipinski definition) is 1. The largest absolute Gasteiger partial charge is 0.385 e. The first-order valence-electron chi connectivity index (χ1n) is 6.62. The molecule has 0 spiro atoms. The fourth-order valence-corrected chi connectivity index (χ4v) is 2.55. The summed E-state index contributed by atoms with van der Waals surface area (Å²) in [7, 11) is 0. The van der Waals surface area contributed by atoms with Crippen molar-refractivity contribution in [3.8, 4) is 6.07 Å². The zero-order valence-corrected chi connectivity index (χ0v) is 10.7. The molecule has 1 aromatic rings. The summed E-state index contributed by atoms with van der Waals surface area (Å²) >= 11 is 0. The lowest BCUT2D eigenvalue weighted by Crippen LogP contribution is -2.20. The summed E-state index contributed by atoms with van der Waals surface area (Å²) in [5, 5.41) is 12.0.